The van der Waals surface area contributed by atoms with E-state index >= 15 is 0 Å². The standard InChI is InChI=1S/C12H10N2O3.C3H6.2C2H6/c1-9(15)10-7-4-8-13(10)11-5-2-3-6-12(11)14(16)17;1-3-2;2*1-2/h2-8H,1H3;3H,1H2,2H3;2*1-2H3. The summed E-state index contributed by atoms with van der Waals surface area (Å²) in [7, 11) is 0. The summed E-state index contributed by atoms with van der Waals surface area (Å²) in [6.07, 6.45) is 3.39. The van der Waals surface area contributed by atoms with Crippen molar-refractivity contribution in [1.82, 2.24) is 4.57 Å². The molecule has 0 N–H and O–H groups in total. The third-order valence-electron chi connectivity index (χ3n) is 2.45. The molecule has 0 aliphatic rings. The number of Topliss-reactive ketones (excluding diaryl/α,β-unsaturated/α-hetero) is 1. The molecule has 0 radical (unpaired) electrons. The number of ketones is 1. The van der Waals surface area contributed by atoms with Crippen LogP contribution in [0, 0.1) is 10.1 Å². The van der Waals surface area contributed by atoms with Crippen molar-refractivity contribution >= 4 is 11.5 Å². The van der Waals surface area contributed by atoms with Crippen LogP contribution in [-0.2, 0) is 0 Å². The van der Waals surface area contributed by atoms with Gasteiger partial charge in [-0.3, -0.25) is 14.9 Å². The molecule has 5 nitrogen and oxygen atoms in total. The van der Waals surface area contributed by atoms with Crippen LogP contribution in [0.2, 0.25) is 0 Å². The molecule has 1 aromatic heterocycles. The van der Waals surface area contributed by atoms with Gasteiger partial charge in [-0.25, -0.2) is 0 Å². The molecule has 2 rings (SSSR count). The van der Waals surface area contributed by atoms with Gasteiger partial charge in [0.15, 0.2) is 5.78 Å². The minimum Gasteiger partial charge on any atom is -0.308 e. The number of nitrogens with zero attached hydrogens (tertiary/aromatic N) is 2. The van der Waals surface area contributed by atoms with Crippen molar-refractivity contribution in [2.75, 3.05) is 0 Å². The second kappa shape index (κ2) is 13.9. The van der Waals surface area contributed by atoms with E-state index < -0.39 is 4.92 Å². The monoisotopic (exact) mass is 332 g/mol. The molecule has 0 saturated heterocycles. The van der Waals surface area contributed by atoms with Gasteiger partial charge < -0.3 is 4.57 Å². The maximum Gasteiger partial charge on any atom is 0.293 e. The maximum absolute atomic E-state index is 11.4. The summed E-state index contributed by atoms with van der Waals surface area (Å²) < 4.78 is 1.53. The number of rotatable bonds is 3. The van der Waals surface area contributed by atoms with Gasteiger partial charge in [0, 0.05) is 19.2 Å². The van der Waals surface area contributed by atoms with Gasteiger partial charge in [-0.05, 0) is 25.1 Å². The molecule has 0 fully saturated rings. The summed E-state index contributed by atoms with van der Waals surface area (Å²) >= 11 is 0. The van der Waals surface area contributed by atoms with Crippen LogP contribution in [-0.4, -0.2) is 15.3 Å². The average Bonchev–Trinajstić information content (AvgIpc) is 3.09. The molecule has 132 valence electrons. The van der Waals surface area contributed by atoms with E-state index in [2.05, 4.69) is 6.58 Å². The Morgan fingerprint density at radius 2 is 1.62 bits per heavy atom. The first kappa shape index (κ1) is 23.6. The van der Waals surface area contributed by atoms with Gasteiger partial charge >= 0.3 is 0 Å². The number of carbonyl (C=O) groups is 1. The zero-order valence-electron chi connectivity index (χ0n) is 15.4. The quantitative estimate of drug-likeness (QED) is 0.307. The fourth-order valence-electron chi connectivity index (χ4n) is 1.70. The summed E-state index contributed by atoms with van der Waals surface area (Å²) in [6, 6.07) is 9.65. The number of hydrogen-bond donors (Lipinski definition) is 0. The minimum atomic E-state index is -0.459. The minimum absolute atomic E-state index is 0.0220. The lowest BCUT2D eigenvalue weighted by Gasteiger charge is -2.07. The van der Waals surface area contributed by atoms with E-state index in [9.17, 15) is 14.9 Å². The number of nitro groups is 1. The van der Waals surface area contributed by atoms with Gasteiger partial charge in [-0.2, -0.15) is 0 Å². The molecule has 2 aromatic rings. The molecule has 0 unspecified atom stereocenters. The van der Waals surface area contributed by atoms with E-state index in [4.69, 9.17) is 0 Å². The van der Waals surface area contributed by atoms with E-state index in [-0.39, 0.29) is 11.5 Å². The van der Waals surface area contributed by atoms with Crippen LogP contribution < -0.4 is 0 Å². The predicted octanol–water partition coefficient (Wildman–Crippen LogP) is 5.83. The summed E-state index contributed by atoms with van der Waals surface area (Å²) in [5.74, 6) is -0.131. The lowest BCUT2D eigenvalue weighted by molar-refractivity contribution is -0.384. The molecule has 0 aliphatic heterocycles. The maximum atomic E-state index is 11.4. The number of aromatic nitrogens is 1. The number of allylic oxidation sites excluding steroid dienone is 1. The van der Waals surface area contributed by atoms with Crippen molar-refractivity contribution in [2.24, 2.45) is 0 Å². The lowest BCUT2D eigenvalue weighted by Crippen LogP contribution is -2.05. The Labute approximate surface area is 144 Å². The fraction of sp³-hybridized carbons (Fsp3) is 0.316. The van der Waals surface area contributed by atoms with E-state index in [0.717, 1.165) is 0 Å². The molecule has 1 aromatic carbocycles. The molecule has 0 bridgehead atoms. The Kier molecular flexibility index (Phi) is 13.7. The molecule has 1 heterocycles. The van der Waals surface area contributed by atoms with Crippen molar-refractivity contribution in [1.29, 1.82) is 0 Å². The molecule has 0 spiro atoms. The van der Waals surface area contributed by atoms with Crippen LogP contribution in [0.25, 0.3) is 5.69 Å². The highest BCUT2D eigenvalue weighted by molar-refractivity contribution is 5.93. The van der Waals surface area contributed by atoms with Crippen molar-refractivity contribution in [3.8, 4) is 5.69 Å². The fourth-order valence-corrected chi connectivity index (χ4v) is 1.70. The summed E-state index contributed by atoms with van der Waals surface area (Å²) in [4.78, 5) is 21.8. The second-order valence-electron chi connectivity index (χ2n) is 3.97. The van der Waals surface area contributed by atoms with Crippen LogP contribution in [0.5, 0.6) is 0 Å². The summed E-state index contributed by atoms with van der Waals surface area (Å²) in [5.41, 5.74) is 0.804. The predicted molar refractivity (Wildman–Crippen MR) is 101 cm³/mol. The lowest BCUT2D eigenvalue weighted by atomic mass is 10.2. The molecular formula is C19H28N2O3. The Bertz CT molecular complexity index is 631. The SMILES string of the molecule is C=CC.CC.CC.CC(=O)c1cccn1-c1ccccc1[N+](=O)[O-]. The average molecular weight is 332 g/mol. The Balaban J connectivity index is 0. The zero-order chi connectivity index (χ0) is 19.1. The van der Waals surface area contributed by atoms with E-state index in [1.165, 1.54) is 17.6 Å². The van der Waals surface area contributed by atoms with Crippen molar-refractivity contribution in [2.45, 2.75) is 41.5 Å². The molecule has 0 saturated carbocycles. The van der Waals surface area contributed by atoms with Gasteiger partial charge in [0.25, 0.3) is 5.69 Å². The first-order valence-electron chi connectivity index (χ1n) is 8.02. The molecule has 0 amide bonds. The van der Waals surface area contributed by atoms with Gasteiger partial charge in [-0.15, -0.1) is 6.58 Å². The van der Waals surface area contributed by atoms with E-state index in [0.29, 0.717) is 11.4 Å². The van der Waals surface area contributed by atoms with Gasteiger partial charge in [0.2, 0.25) is 0 Å². The Morgan fingerprint density at radius 3 is 2.08 bits per heavy atom. The number of hydrogen-bond acceptors (Lipinski definition) is 3. The molecular weight excluding hydrogens is 304 g/mol. The third-order valence-corrected chi connectivity index (χ3v) is 2.45. The van der Waals surface area contributed by atoms with Crippen LogP contribution in [0.15, 0.2) is 55.3 Å². The number of para-hydroxylation sites is 2. The highest BCUT2D eigenvalue weighted by Crippen LogP contribution is 2.24. The van der Waals surface area contributed by atoms with Gasteiger partial charge in [0.1, 0.15) is 5.69 Å². The first-order chi connectivity index (χ1) is 11.5. The molecule has 5 heteroatoms. The highest BCUT2D eigenvalue weighted by Gasteiger charge is 2.16. The molecule has 0 atom stereocenters. The third kappa shape index (κ3) is 7.05. The largest absolute Gasteiger partial charge is 0.308 e. The smallest absolute Gasteiger partial charge is 0.293 e. The van der Waals surface area contributed by atoms with Crippen molar-refractivity contribution in [3.05, 3.63) is 71.1 Å². The topological polar surface area (TPSA) is 65.1 Å². The number of benzene rings is 1. The van der Waals surface area contributed by atoms with Crippen LogP contribution in [0.3, 0.4) is 0 Å². The van der Waals surface area contributed by atoms with Crippen LogP contribution in [0.1, 0.15) is 52.0 Å². The Hall–Kier alpha value is -2.69. The first-order valence-corrected chi connectivity index (χ1v) is 8.02. The molecule has 0 aliphatic carbocycles. The zero-order valence-corrected chi connectivity index (χ0v) is 15.4. The molecule has 24 heavy (non-hydrogen) atoms. The van der Waals surface area contributed by atoms with Crippen LogP contribution in [0.4, 0.5) is 5.69 Å². The van der Waals surface area contributed by atoms with E-state index in [1.54, 1.807) is 42.6 Å². The highest BCUT2D eigenvalue weighted by atomic mass is 16.6. The van der Waals surface area contributed by atoms with E-state index in [1.807, 2.05) is 34.6 Å². The summed E-state index contributed by atoms with van der Waals surface area (Å²) in [5, 5.41) is 10.9. The van der Waals surface area contributed by atoms with Crippen molar-refractivity contribution < 1.29 is 9.72 Å². The second-order valence-corrected chi connectivity index (χ2v) is 3.97. The summed E-state index contributed by atoms with van der Waals surface area (Å²) in [6.45, 7) is 14.7. The number of carbonyl (C=O) groups excluding carboxylic acids is 1. The normalized spacial score (nSPS) is 8.25. The Morgan fingerprint density at radius 1 is 1.12 bits per heavy atom. The number of nitro benzene ring substituents is 1. The van der Waals surface area contributed by atoms with Gasteiger partial charge in [-0.1, -0.05) is 45.9 Å². The van der Waals surface area contributed by atoms with Crippen LogP contribution >= 0.6 is 0 Å². The van der Waals surface area contributed by atoms with Gasteiger partial charge in [0.05, 0.1) is 10.6 Å². The van der Waals surface area contributed by atoms with Crippen molar-refractivity contribution in [3.63, 3.8) is 0 Å².